The van der Waals surface area contributed by atoms with E-state index in [0.717, 1.165) is 22.2 Å². The number of amides is 1. The smallest absolute Gasteiger partial charge is 0.221 e. The minimum Gasteiger partial charge on any atom is -0.507 e. The van der Waals surface area contributed by atoms with Gasteiger partial charge in [0.1, 0.15) is 5.75 Å². The first-order valence-electron chi connectivity index (χ1n) is 8.29. The van der Waals surface area contributed by atoms with E-state index in [2.05, 4.69) is 15.5 Å². The molecule has 0 saturated heterocycles. The van der Waals surface area contributed by atoms with E-state index >= 15 is 0 Å². The molecule has 0 aliphatic carbocycles. The van der Waals surface area contributed by atoms with Crippen LogP contribution in [0.3, 0.4) is 0 Å². The van der Waals surface area contributed by atoms with Gasteiger partial charge in [-0.25, -0.2) is 0 Å². The fraction of sp³-hybridized carbons (Fsp3) is 0.211. The highest BCUT2D eigenvalue weighted by Gasteiger charge is 2.15. The van der Waals surface area contributed by atoms with E-state index < -0.39 is 0 Å². The van der Waals surface area contributed by atoms with Crippen LogP contribution in [0.4, 0.5) is 5.69 Å². The van der Waals surface area contributed by atoms with Crippen molar-refractivity contribution in [2.24, 2.45) is 0 Å². The lowest BCUT2D eigenvalue weighted by Crippen LogP contribution is -2.05. The van der Waals surface area contributed by atoms with Crippen molar-refractivity contribution < 1.29 is 9.90 Å². The summed E-state index contributed by atoms with van der Waals surface area (Å²) in [5.41, 5.74) is 2.58. The normalized spacial score (nSPS) is 10.7. The zero-order valence-electron chi connectivity index (χ0n) is 14.6. The largest absolute Gasteiger partial charge is 0.507 e. The van der Waals surface area contributed by atoms with Gasteiger partial charge in [0.25, 0.3) is 0 Å². The Hall–Kier alpha value is -2.80. The third kappa shape index (κ3) is 4.05. The molecular formula is C19H20N4O2S. The number of nitrogens with one attached hydrogen (secondary N) is 1. The Kier molecular flexibility index (Phi) is 5.58. The molecule has 0 radical (unpaired) electrons. The zero-order chi connectivity index (χ0) is 18.5. The van der Waals surface area contributed by atoms with E-state index in [9.17, 15) is 9.90 Å². The van der Waals surface area contributed by atoms with Crippen LogP contribution in [-0.2, 0) is 17.1 Å². The van der Waals surface area contributed by atoms with Crippen molar-refractivity contribution in [3.8, 4) is 17.1 Å². The number of anilines is 1. The number of benzene rings is 2. The van der Waals surface area contributed by atoms with Crippen LogP contribution in [0.2, 0.25) is 0 Å². The molecule has 0 aliphatic rings. The van der Waals surface area contributed by atoms with Crippen LogP contribution in [-0.4, -0.2) is 25.8 Å². The first kappa shape index (κ1) is 18.0. The molecule has 26 heavy (non-hydrogen) atoms. The highest BCUT2D eigenvalue weighted by molar-refractivity contribution is 7.98. The maximum Gasteiger partial charge on any atom is 0.221 e. The standard InChI is InChI=1S/C19H20N4O2S/c1-3-23-18(16-6-4-5-7-17(16)25)21-22-19(23)26-12-14-8-10-15(11-9-14)20-13(2)24/h4-11,25H,3,12H2,1-2H3,(H,20,24). The number of hydrogen-bond acceptors (Lipinski definition) is 5. The van der Waals surface area contributed by atoms with E-state index in [0.29, 0.717) is 17.9 Å². The lowest BCUT2D eigenvalue weighted by atomic mass is 10.2. The van der Waals surface area contributed by atoms with Gasteiger partial charge >= 0.3 is 0 Å². The molecule has 1 amide bonds. The van der Waals surface area contributed by atoms with Gasteiger partial charge in [-0.3, -0.25) is 4.79 Å². The molecule has 134 valence electrons. The Balaban J connectivity index is 1.75. The first-order chi connectivity index (χ1) is 12.6. The summed E-state index contributed by atoms with van der Waals surface area (Å²) in [6.07, 6.45) is 0. The molecule has 1 heterocycles. The van der Waals surface area contributed by atoms with Crippen molar-refractivity contribution in [1.29, 1.82) is 0 Å². The summed E-state index contributed by atoms with van der Waals surface area (Å²) < 4.78 is 1.99. The summed E-state index contributed by atoms with van der Waals surface area (Å²) in [5, 5.41) is 22.2. The summed E-state index contributed by atoms with van der Waals surface area (Å²) in [5.74, 6) is 1.51. The Morgan fingerprint density at radius 1 is 1.15 bits per heavy atom. The number of para-hydroxylation sites is 1. The number of phenolic OH excluding ortho intramolecular Hbond substituents is 1. The van der Waals surface area contributed by atoms with Crippen LogP contribution in [0.1, 0.15) is 19.4 Å². The molecule has 0 atom stereocenters. The molecule has 1 aromatic heterocycles. The molecule has 3 aromatic rings. The van der Waals surface area contributed by atoms with Crippen LogP contribution in [0.15, 0.2) is 53.7 Å². The van der Waals surface area contributed by atoms with Gasteiger partial charge in [-0.1, -0.05) is 36.0 Å². The molecule has 7 heteroatoms. The summed E-state index contributed by atoms with van der Waals surface area (Å²) in [4.78, 5) is 11.1. The van der Waals surface area contributed by atoms with E-state index in [4.69, 9.17) is 0 Å². The maximum atomic E-state index is 11.1. The average molecular weight is 368 g/mol. The molecule has 0 spiro atoms. The van der Waals surface area contributed by atoms with Gasteiger partial charge in [-0.15, -0.1) is 10.2 Å². The third-order valence-corrected chi connectivity index (χ3v) is 4.86. The van der Waals surface area contributed by atoms with Crippen molar-refractivity contribution in [2.75, 3.05) is 5.32 Å². The number of rotatable bonds is 6. The van der Waals surface area contributed by atoms with Crippen LogP contribution in [0.5, 0.6) is 5.75 Å². The van der Waals surface area contributed by atoms with Crippen LogP contribution >= 0.6 is 11.8 Å². The SMILES string of the molecule is CCn1c(SCc2ccc(NC(C)=O)cc2)nnc1-c1ccccc1O. The number of carbonyl (C=O) groups is 1. The number of phenols is 1. The van der Waals surface area contributed by atoms with E-state index in [-0.39, 0.29) is 11.7 Å². The molecule has 0 bridgehead atoms. The topological polar surface area (TPSA) is 80.0 Å². The predicted octanol–water partition coefficient (Wildman–Crippen LogP) is 3.92. The highest BCUT2D eigenvalue weighted by atomic mass is 32.2. The quantitative estimate of drug-likeness (QED) is 0.645. The molecule has 0 saturated carbocycles. The Labute approximate surface area is 156 Å². The van der Waals surface area contributed by atoms with Crippen molar-refractivity contribution in [1.82, 2.24) is 14.8 Å². The fourth-order valence-corrected chi connectivity index (χ4v) is 3.54. The summed E-state index contributed by atoms with van der Waals surface area (Å²) >= 11 is 1.59. The lowest BCUT2D eigenvalue weighted by Gasteiger charge is -2.09. The van der Waals surface area contributed by atoms with Crippen LogP contribution < -0.4 is 5.32 Å². The van der Waals surface area contributed by atoms with Crippen LogP contribution in [0.25, 0.3) is 11.4 Å². The van der Waals surface area contributed by atoms with Crippen molar-refractivity contribution >= 4 is 23.4 Å². The Morgan fingerprint density at radius 2 is 1.88 bits per heavy atom. The monoisotopic (exact) mass is 368 g/mol. The fourth-order valence-electron chi connectivity index (χ4n) is 2.58. The van der Waals surface area contributed by atoms with E-state index in [1.165, 1.54) is 6.92 Å². The summed E-state index contributed by atoms with van der Waals surface area (Å²) in [6.45, 7) is 4.23. The van der Waals surface area contributed by atoms with E-state index in [1.807, 2.05) is 47.9 Å². The molecule has 2 N–H and O–H groups in total. The second kappa shape index (κ2) is 8.05. The number of nitrogens with zero attached hydrogens (tertiary/aromatic N) is 3. The Morgan fingerprint density at radius 3 is 2.54 bits per heavy atom. The van der Waals surface area contributed by atoms with Crippen molar-refractivity contribution in [3.05, 3.63) is 54.1 Å². The van der Waals surface area contributed by atoms with Gasteiger partial charge in [0, 0.05) is 24.9 Å². The molecule has 6 nitrogen and oxygen atoms in total. The van der Waals surface area contributed by atoms with Crippen molar-refractivity contribution in [2.45, 2.75) is 31.3 Å². The molecular weight excluding hydrogens is 348 g/mol. The van der Waals surface area contributed by atoms with Gasteiger partial charge < -0.3 is 15.0 Å². The number of hydrogen-bond donors (Lipinski definition) is 2. The van der Waals surface area contributed by atoms with Gasteiger partial charge in [-0.05, 0) is 36.8 Å². The second-order valence-electron chi connectivity index (χ2n) is 5.73. The van der Waals surface area contributed by atoms with Gasteiger partial charge in [0.05, 0.1) is 5.56 Å². The number of carbonyl (C=O) groups excluding carboxylic acids is 1. The number of aromatic nitrogens is 3. The zero-order valence-corrected chi connectivity index (χ0v) is 15.5. The number of thioether (sulfide) groups is 1. The Bertz CT molecular complexity index is 906. The van der Waals surface area contributed by atoms with Gasteiger partial charge in [-0.2, -0.15) is 0 Å². The van der Waals surface area contributed by atoms with E-state index in [1.54, 1.807) is 23.9 Å². The number of aromatic hydroxyl groups is 1. The minimum atomic E-state index is -0.0835. The third-order valence-electron chi connectivity index (χ3n) is 3.82. The highest BCUT2D eigenvalue weighted by Crippen LogP contribution is 2.31. The molecule has 3 rings (SSSR count). The second-order valence-corrected chi connectivity index (χ2v) is 6.68. The average Bonchev–Trinajstić information content (AvgIpc) is 3.04. The predicted molar refractivity (Wildman–Crippen MR) is 103 cm³/mol. The molecule has 0 fully saturated rings. The molecule has 2 aromatic carbocycles. The molecule has 0 unspecified atom stereocenters. The summed E-state index contributed by atoms with van der Waals surface area (Å²) in [7, 11) is 0. The van der Waals surface area contributed by atoms with Crippen LogP contribution in [0, 0.1) is 0 Å². The molecule has 0 aliphatic heterocycles. The van der Waals surface area contributed by atoms with Gasteiger partial charge in [0.2, 0.25) is 5.91 Å². The first-order valence-corrected chi connectivity index (χ1v) is 9.28. The summed E-state index contributed by atoms with van der Waals surface area (Å²) in [6, 6.07) is 14.9. The minimum absolute atomic E-state index is 0.0835. The van der Waals surface area contributed by atoms with Crippen molar-refractivity contribution in [3.63, 3.8) is 0 Å². The van der Waals surface area contributed by atoms with Gasteiger partial charge in [0.15, 0.2) is 11.0 Å². The maximum absolute atomic E-state index is 11.1. The lowest BCUT2D eigenvalue weighted by molar-refractivity contribution is -0.114.